The molecule has 0 spiro atoms. The van der Waals surface area contributed by atoms with E-state index in [-0.39, 0.29) is 17.7 Å². The predicted molar refractivity (Wildman–Crippen MR) is 83.2 cm³/mol. The molecule has 2 atom stereocenters. The van der Waals surface area contributed by atoms with Crippen LogP contribution in [-0.2, 0) is 16.1 Å². The van der Waals surface area contributed by atoms with Gasteiger partial charge in [-0.15, -0.1) is 0 Å². The van der Waals surface area contributed by atoms with Crippen LogP contribution in [0.25, 0.3) is 0 Å². The van der Waals surface area contributed by atoms with Crippen molar-refractivity contribution in [2.45, 2.75) is 39.4 Å². The molecule has 1 N–H and O–H groups in total. The number of hydrogen-bond acceptors (Lipinski definition) is 2. The molecule has 1 fully saturated rings. The average molecular weight is 329 g/mol. The fourth-order valence-corrected chi connectivity index (χ4v) is 3.03. The average Bonchev–Trinajstić information content (AvgIpc) is 2.38. The zero-order valence-electron chi connectivity index (χ0n) is 12.2. The first-order valence-corrected chi connectivity index (χ1v) is 7.61. The summed E-state index contributed by atoms with van der Waals surface area (Å²) in [6.07, 6.45) is 0. The van der Waals surface area contributed by atoms with Crippen molar-refractivity contribution < 1.29 is 9.59 Å². The second-order valence-electron chi connectivity index (χ2n) is 5.62. The minimum absolute atomic E-state index is 0.0209. The summed E-state index contributed by atoms with van der Waals surface area (Å²) in [4.78, 5) is 26.2. The number of nitrogens with one attached hydrogen (secondary N) is 1. The lowest BCUT2D eigenvalue weighted by molar-refractivity contribution is -0.151. The summed E-state index contributed by atoms with van der Waals surface area (Å²) in [5.74, 6) is -0.200. The molecule has 1 aromatic rings. The van der Waals surface area contributed by atoms with E-state index in [0.29, 0.717) is 16.6 Å². The molecule has 114 valence electrons. The summed E-state index contributed by atoms with van der Waals surface area (Å²) in [7, 11) is 0. The Hall–Kier alpha value is -1.26. The van der Waals surface area contributed by atoms with Crippen molar-refractivity contribution >= 4 is 35.0 Å². The Balaban J connectivity index is 2.32. The van der Waals surface area contributed by atoms with Crippen molar-refractivity contribution in [3.8, 4) is 0 Å². The molecule has 0 aromatic heterocycles. The van der Waals surface area contributed by atoms with Gasteiger partial charge in [-0.25, -0.2) is 0 Å². The van der Waals surface area contributed by atoms with Crippen LogP contribution in [0.3, 0.4) is 0 Å². The van der Waals surface area contributed by atoms with Crippen LogP contribution in [-0.4, -0.2) is 28.8 Å². The zero-order chi connectivity index (χ0) is 15.7. The molecule has 2 amide bonds. The first-order chi connectivity index (χ1) is 9.81. The smallest absolute Gasteiger partial charge is 0.245 e. The molecule has 0 aliphatic carbocycles. The highest BCUT2D eigenvalue weighted by Gasteiger charge is 2.40. The number of carbonyl (C=O) groups is 2. The van der Waals surface area contributed by atoms with Crippen LogP contribution in [0.4, 0.5) is 0 Å². The quantitative estimate of drug-likeness (QED) is 0.927. The van der Waals surface area contributed by atoms with Crippen molar-refractivity contribution in [3.05, 3.63) is 33.8 Å². The van der Waals surface area contributed by atoms with Gasteiger partial charge in [0.15, 0.2) is 0 Å². The Morgan fingerprint density at radius 1 is 1.29 bits per heavy atom. The third-order valence-corrected chi connectivity index (χ3v) is 4.19. The van der Waals surface area contributed by atoms with Gasteiger partial charge in [-0.05, 0) is 30.5 Å². The van der Waals surface area contributed by atoms with Crippen LogP contribution in [0.15, 0.2) is 18.2 Å². The van der Waals surface area contributed by atoms with E-state index in [1.807, 2.05) is 13.8 Å². The number of rotatable bonds is 3. The highest BCUT2D eigenvalue weighted by molar-refractivity contribution is 6.35. The van der Waals surface area contributed by atoms with E-state index < -0.39 is 12.1 Å². The Kier molecular flexibility index (Phi) is 4.79. The standard InChI is InChI=1S/C15H18Cl2N2O2/c1-8(2)13-14(20)18-9(3)15(21)19(13)7-10-4-5-11(16)6-12(10)17/h4-6,8-9,13H,7H2,1-3H3,(H,18,20). The molecule has 1 aliphatic heterocycles. The third kappa shape index (κ3) is 3.33. The van der Waals surface area contributed by atoms with Crippen LogP contribution in [0, 0.1) is 5.92 Å². The maximum Gasteiger partial charge on any atom is 0.245 e. The monoisotopic (exact) mass is 328 g/mol. The molecule has 2 unspecified atom stereocenters. The molecule has 0 bridgehead atoms. The lowest BCUT2D eigenvalue weighted by atomic mass is 9.96. The summed E-state index contributed by atoms with van der Waals surface area (Å²) in [5.41, 5.74) is 0.780. The van der Waals surface area contributed by atoms with Gasteiger partial charge in [-0.2, -0.15) is 0 Å². The summed E-state index contributed by atoms with van der Waals surface area (Å²) in [6.45, 7) is 5.83. The highest BCUT2D eigenvalue weighted by Crippen LogP contribution is 2.26. The van der Waals surface area contributed by atoms with Gasteiger partial charge in [-0.1, -0.05) is 43.1 Å². The fourth-order valence-electron chi connectivity index (χ4n) is 2.56. The number of hydrogen-bond donors (Lipinski definition) is 1. The molecular weight excluding hydrogens is 311 g/mol. The molecule has 0 radical (unpaired) electrons. The number of carbonyl (C=O) groups excluding carboxylic acids is 2. The van der Waals surface area contributed by atoms with Crippen LogP contribution < -0.4 is 5.32 Å². The van der Waals surface area contributed by atoms with Crippen molar-refractivity contribution in [3.63, 3.8) is 0 Å². The van der Waals surface area contributed by atoms with Gasteiger partial charge >= 0.3 is 0 Å². The Bertz CT molecular complexity index is 575. The van der Waals surface area contributed by atoms with E-state index in [0.717, 1.165) is 5.56 Å². The molecule has 6 heteroatoms. The predicted octanol–water partition coefficient (Wildman–Crippen LogP) is 2.86. The number of benzene rings is 1. The molecule has 1 aromatic carbocycles. The molecule has 0 saturated carbocycles. The van der Waals surface area contributed by atoms with Gasteiger partial charge in [0, 0.05) is 16.6 Å². The van der Waals surface area contributed by atoms with E-state index in [1.165, 1.54) is 0 Å². The van der Waals surface area contributed by atoms with E-state index in [9.17, 15) is 9.59 Å². The van der Waals surface area contributed by atoms with Gasteiger partial charge in [0.05, 0.1) is 0 Å². The fraction of sp³-hybridized carbons (Fsp3) is 0.467. The number of piperazine rings is 1. The zero-order valence-corrected chi connectivity index (χ0v) is 13.7. The van der Waals surface area contributed by atoms with Gasteiger partial charge < -0.3 is 10.2 Å². The normalized spacial score (nSPS) is 22.7. The number of halogens is 2. The molecular formula is C15H18Cl2N2O2. The first kappa shape index (κ1) is 16.1. The van der Waals surface area contributed by atoms with Crippen LogP contribution >= 0.6 is 23.2 Å². The maximum absolute atomic E-state index is 12.4. The van der Waals surface area contributed by atoms with E-state index in [4.69, 9.17) is 23.2 Å². The second kappa shape index (κ2) is 6.24. The maximum atomic E-state index is 12.4. The summed E-state index contributed by atoms with van der Waals surface area (Å²) >= 11 is 12.1. The largest absolute Gasteiger partial charge is 0.343 e. The Morgan fingerprint density at radius 2 is 1.95 bits per heavy atom. The van der Waals surface area contributed by atoms with Crippen molar-refractivity contribution in [1.29, 1.82) is 0 Å². The van der Waals surface area contributed by atoms with Gasteiger partial charge in [0.1, 0.15) is 12.1 Å². The summed E-state index contributed by atoms with van der Waals surface area (Å²) in [5, 5.41) is 3.75. The Labute approximate surface area is 134 Å². The molecule has 4 nitrogen and oxygen atoms in total. The minimum Gasteiger partial charge on any atom is -0.343 e. The lowest BCUT2D eigenvalue weighted by Gasteiger charge is -2.40. The minimum atomic E-state index is -0.515. The molecule has 1 saturated heterocycles. The van der Waals surface area contributed by atoms with Crippen molar-refractivity contribution in [2.24, 2.45) is 5.92 Å². The molecule has 1 heterocycles. The van der Waals surface area contributed by atoms with Crippen molar-refractivity contribution in [2.75, 3.05) is 0 Å². The number of amides is 2. The molecule has 1 aliphatic rings. The Morgan fingerprint density at radius 3 is 2.52 bits per heavy atom. The lowest BCUT2D eigenvalue weighted by Crippen LogP contribution is -2.63. The van der Waals surface area contributed by atoms with Gasteiger partial charge in [0.2, 0.25) is 11.8 Å². The van der Waals surface area contributed by atoms with Crippen LogP contribution in [0.2, 0.25) is 10.0 Å². The topological polar surface area (TPSA) is 49.4 Å². The number of nitrogens with zero attached hydrogens (tertiary/aromatic N) is 1. The van der Waals surface area contributed by atoms with E-state index in [2.05, 4.69) is 5.32 Å². The van der Waals surface area contributed by atoms with Crippen molar-refractivity contribution in [1.82, 2.24) is 10.2 Å². The second-order valence-corrected chi connectivity index (χ2v) is 6.46. The highest BCUT2D eigenvalue weighted by atomic mass is 35.5. The van der Waals surface area contributed by atoms with Crippen LogP contribution in [0.5, 0.6) is 0 Å². The summed E-state index contributed by atoms with van der Waals surface area (Å²) < 4.78 is 0. The SMILES string of the molecule is CC1NC(=O)C(C(C)C)N(Cc2ccc(Cl)cc2Cl)C1=O. The third-order valence-electron chi connectivity index (χ3n) is 3.60. The molecule has 2 rings (SSSR count). The molecule has 21 heavy (non-hydrogen) atoms. The van der Waals surface area contributed by atoms with E-state index in [1.54, 1.807) is 30.0 Å². The van der Waals surface area contributed by atoms with Crippen LogP contribution in [0.1, 0.15) is 26.3 Å². The summed E-state index contributed by atoms with van der Waals surface area (Å²) in [6, 6.07) is 4.15. The first-order valence-electron chi connectivity index (χ1n) is 6.86. The van der Waals surface area contributed by atoms with E-state index >= 15 is 0 Å². The van der Waals surface area contributed by atoms with Gasteiger partial charge in [0.25, 0.3) is 0 Å². The van der Waals surface area contributed by atoms with Gasteiger partial charge in [-0.3, -0.25) is 9.59 Å².